The minimum absolute atomic E-state index is 0.112. The fourth-order valence-corrected chi connectivity index (χ4v) is 2.30. The number of hydrogen-bond acceptors (Lipinski definition) is 5. The number of rotatable bonds is 3. The van der Waals surface area contributed by atoms with E-state index in [1.54, 1.807) is 12.3 Å². The Labute approximate surface area is 111 Å². The van der Waals surface area contributed by atoms with Crippen LogP contribution in [0.15, 0.2) is 18.3 Å². The second-order valence-corrected chi connectivity index (χ2v) is 4.69. The third-order valence-corrected chi connectivity index (χ3v) is 3.39. The fraction of sp³-hybridized carbons (Fsp3) is 0.538. The molecule has 0 radical (unpaired) electrons. The van der Waals surface area contributed by atoms with E-state index in [4.69, 9.17) is 9.47 Å². The number of amides is 1. The van der Waals surface area contributed by atoms with E-state index in [1.165, 1.54) is 0 Å². The van der Waals surface area contributed by atoms with Crippen molar-refractivity contribution in [2.45, 2.75) is 12.5 Å². The van der Waals surface area contributed by atoms with Crippen molar-refractivity contribution in [2.24, 2.45) is 0 Å². The number of carbonyl (C=O) groups excluding carboxylic acids is 1. The minimum Gasteiger partial charge on any atom is -0.477 e. The molecule has 2 aliphatic heterocycles. The third kappa shape index (κ3) is 2.85. The average Bonchev–Trinajstić information content (AvgIpc) is 2.46. The minimum atomic E-state index is -0.431. The number of anilines is 1. The summed E-state index contributed by atoms with van der Waals surface area (Å²) in [6, 6.07) is 3.62. The van der Waals surface area contributed by atoms with E-state index in [0.29, 0.717) is 18.0 Å². The van der Waals surface area contributed by atoms with Crippen LogP contribution < -0.4 is 10.1 Å². The van der Waals surface area contributed by atoms with E-state index in [-0.39, 0.29) is 5.91 Å². The van der Waals surface area contributed by atoms with Gasteiger partial charge in [0.25, 0.3) is 5.91 Å². The molecule has 0 aromatic carbocycles. The lowest BCUT2D eigenvalue weighted by Gasteiger charge is -2.29. The van der Waals surface area contributed by atoms with Crippen molar-refractivity contribution in [1.82, 2.24) is 9.88 Å². The molecule has 0 bridgehead atoms. The molecule has 0 spiro atoms. The number of nitrogens with one attached hydrogen (secondary N) is 1. The highest BCUT2D eigenvalue weighted by atomic mass is 16.5. The van der Waals surface area contributed by atoms with Crippen molar-refractivity contribution in [3.8, 4) is 5.75 Å². The van der Waals surface area contributed by atoms with E-state index in [2.05, 4.69) is 15.2 Å². The highest BCUT2D eigenvalue weighted by Crippen LogP contribution is 2.27. The Morgan fingerprint density at radius 1 is 1.42 bits per heavy atom. The maximum Gasteiger partial charge on any atom is 0.266 e. The molecule has 1 aromatic rings. The number of hydrogen-bond donors (Lipinski definition) is 1. The van der Waals surface area contributed by atoms with Crippen LogP contribution in [0.3, 0.4) is 0 Å². The monoisotopic (exact) mass is 263 g/mol. The van der Waals surface area contributed by atoms with E-state index in [0.717, 1.165) is 32.8 Å². The van der Waals surface area contributed by atoms with Crippen LogP contribution in [0, 0.1) is 0 Å². The SMILES string of the molecule is O=C1Nc2ncccc2O[C@@H]1CCN1CCOCC1. The van der Waals surface area contributed by atoms with Gasteiger partial charge in [-0.05, 0) is 12.1 Å². The fourth-order valence-electron chi connectivity index (χ4n) is 2.30. The smallest absolute Gasteiger partial charge is 0.266 e. The second kappa shape index (κ2) is 5.54. The first-order chi connectivity index (χ1) is 9.33. The molecule has 0 unspecified atom stereocenters. The van der Waals surface area contributed by atoms with Crippen LogP contribution in [-0.4, -0.2) is 54.7 Å². The van der Waals surface area contributed by atoms with Gasteiger partial charge in [-0.15, -0.1) is 0 Å². The van der Waals surface area contributed by atoms with Crippen molar-refractivity contribution >= 4 is 11.7 Å². The third-order valence-electron chi connectivity index (χ3n) is 3.39. The Morgan fingerprint density at radius 3 is 3.11 bits per heavy atom. The molecule has 1 N–H and O–H groups in total. The van der Waals surface area contributed by atoms with E-state index >= 15 is 0 Å². The summed E-state index contributed by atoms with van der Waals surface area (Å²) < 4.78 is 11.0. The lowest BCUT2D eigenvalue weighted by molar-refractivity contribution is -0.124. The molecule has 3 heterocycles. The zero-order chi connectivity index (χ0) is 13.1. The van der Waals surface area contributed by atoms with Crippen LogP contribution in [0.2, 0.25) is 0 Å². The van der Waals surface area contributed by atoms with Crippen molar-refractivity contribution in [2.75, 3.05) is 38.2 Å². The van der Waals surface area contributed by atoms with Crippen LogP contribution >= 0.6 is 0 Å². The molecular weight excluding hydrogens is 246 g/mol. The highest BCUT2D eigenvalue weighted by Gasteiger charge is 2.28. The van der Waals surface area contributed by atoms with Crippen molar-refractivity contribution in [1.29, 1.82) is 0 Å². The lowest BCUT2D eigenvalue weighted by atomic mass is 10.2. The Bertz CT molecular complexity index is 460. The van der Waals surface area contributed by atoms with Crippen LogP contribution in [0.1, 0.15) is 6.42 Å². The molecule has 2 aliphatic rings. The van der Waals surface area contributed by atoms with Crippen LogP contribution in [0.25, 0.3) is 0 Å². The molecule has 6 nitrogen and oxygen atoms in total. The topological polar surface area (TPSA) is 63.7 Å². The summed E-state index contributed by atoms with van der Waals surface area (Å²) in [6.45, 7) is 4.23. The normalized spacial score (nSPS) is 23.4. The van der Waals surface area contributed by atoms with Crippen molar-refractivity contribution in [3.63, 3.8) is 0 Å². The summed E-state index contributed by atoms with van der Waals surface area (Å²) in [5.74, 6) is 1.05. The van der Waals surface area contributed by atoms with Crippen LogP contribution in [0.5, 0.6) is 5.75 Å². The number of pyridine rings is 1. The number of ether oxygens (including phenoxy) is 2. The standard InChI is InChI=1S/C13H17N3O3/c17-13-11(3-5-16-6-8-18-9-7-16)19-10-2-1-4-14-12(10)15-13/h1-2,4,11H,3,5-9H2,(H,14,15,17)/t11-/m1/s1. The first kappa shape index (κ1) is 12.4. The van der Waals surface area contributed by atoms with Gasteiger partial charge in [-0.25, -0.2) is 4.98 Å². The van der Waals surface area contributed by atoms with Crippen LogP contribution in [0.4, 0.5) is 5.82 Å². The molecule has 1 aromatic heterocycles. The first-order valence-corrected chi connectivity index (χ1v) is 6.55. The maximum atomic E-state index is 11.9. The van der Waals surface area contributed by atoms with Gasteiger partial charge in [0, 0.05) is 32.3 Å². The average molecular weight is 263 g/mol. The summed E-state index contributed by atoms with van der Waals surface area (Å²) in [5.41, 5.74) is 0. The Morgan fingerprint density at radius 2 is 2.26 bits per heavy atom. The van der Waals surface area contributed by atoms with E-state index in [1.807, 2.05) is 6.07 Å². The van der Waals surface area contributed by atoms with Gasteiger partial charge < -0.3 is 14.8 Å². The Balaban J connectivity index is 1.58. The predicted molar refractivity (Wildman–Crippen MR) is 69.2 cm³/mol. The number of nitrogens with zero attached hydrogens (tertiary/aromatic N) is 2. The predicted octanol–water partition coefficient (Wildman–Crippen LogP) is 0.503. The van der Waals surface area contributed by atoms with Crippen molar-refractivity contribution < 1.29 is 14.3 Å². The molecule has 102 valence electrons. The largest absolute Gasteiger partial charge is 0.477 e. The van der Waals surface area contributed by atoms with Gasteiger partial charge in [0.05, 0.1) is 13.2 Å². The Kier molecular flexibility index (Phi) is 3.61. The molecule has 0 saturated carbocycles. The quantitative estimate of drug-likeness (QED) is 0.860. The summed E-state index contributed by atoms with van der Waals surface area (Å²) in [6.07, 6.45) is 1.89. The zero-order valence-corrected chi connectivity index (χ0v) is 10.7. The van der Waals surface area contributed by atoms with E-state index in [9.17, 15) is 4.79 Å². The maximum absolute atomic E-state index is 11.9. The number of fused-ring (bicyclic) bond motifs is 1. The van der Waals surface area contributed by atoms with Gasteiger partial charge in [0.2, 0.25) is 0 Å². The van der Waals surface area contributed by atoms with Crippen molar-refractivity contribution in [3.05, 3.63) is 18.3 Å². The molecule has 1 atom stereocenters. The molecule has 1 saturated heterocycles. The Hall–Kier alpha value is -1.66. The van der Waals surface area contributed by atoms with Gasteiger partial charge in [-0.1, -0.05) is 0 Å². The summed E-state index contributed by atoms with van der Waals surface area (Å²) >= 11 is 0. The van der Waals surface area contributed by atoms with Gasteiger partial charge in [-0.3, -0.25) is 9.69 Å². The number of aromatic nitrogens is 1. The molecule has 0 aliphatic carbocycles. The van der Waals surface area contributed by atoms with Gasteiger partial charge >= 0.3 is 0 Å². The zero-order valence-electron chi connectivity index (χ0n) is 10.7. The van der Waals surface area contributed by atoms with E-state index < -0.39 is 6.10 Å². The molecule has 19 heavy (non-hydrogen) atoms. The van der Waals surface area contributed by atoms with Gasteiger partial charge in [0.15, 0.2) is 17.7 Å². The highest BCUT2D eigenvalue weighted by molar-refractivity contribution is 5.96. The number of carbonyl (C=O) groups is 1. The second-order valence-electron chi connectivity index (χ2n) is 4.69. The molecule has 3 rings (SSSR count). The number of morpholine rings is 1. The summed E-state index contributed by atoms with van der Waals surface area (Å²) in [4.78, 5) is 18.3. The van der Waals surface area contributed by atoms with Gasteiger partial charge in [0.1, 0.15) is 0 Å². The summed E-state index contributed by atoms with van der Waals surface area (Å²) in [5, 5.41) is 2.78. The lowest BCUT2D eigenvalue weighted by Crippen LogP contribution is -2.42. The molecule has 1 fully saturated rings. The van der Waals surface area contributed by atoms with Crippen LogP contribution in [-0.2, 0) is 9.53 Å². The summed E-state index contributed by atoms with van der Waals surface area (Å²) in [7, 11) is 0. The molecule has 1 amide bonds. The first-order valence-electron chi connectivity index (χ1n) is 6.55. The molecule has 6 heteroatoms. The van der Waals surface area contributed by atoms with Gasteiger partial charge in [-0.2, -0.15) is 0 Å². The molecular formula is C13H17N3O3.